The van der Waals surface area contributed by atoms with Gasteiger partial charge in [0.25, 0.3) is 5.91 Å². The Morgan fingerprint density at radius 3 is 2.36 bits per heavy atom. The van der Waals surface area contributed by atoms with Crippen LogP contribution >= 0.6 is 0 Å². The molecule has 2 rings (SSSR count). The molecule has 1 heterocycles. The molecule has 3 amide bonds. The number of anilines is 2. The third-order valence-corrected chi connectivity index (χ3v) is 3.37. The molecule has 0 unspecified atom stereocenters. The summed E-state index contributed by atoms with van der Waals surface area (Å²) in [6.45, 7) is 9.43. The van der Waals surface area contributed by atoms with Crippen LogP contribution in [0, 0.1) is 13.8 Å². The normalized spacial score (nSPS) is 10.9. The minimum Gasteiger partial charge on any atom is -0.333 e. The first-order valence-electron chi connectivity index (χ1n) is 8.09. The van der Waals surface area contributed by atoms with E-state index in [1.807, 2.05) is 46.8 Å². The number of pyridine rings is 1. The van der Waals surface area contributed by atoms with Gasteiger partial charge in [-0.15, -0.1) is 0 Å². The lowest BCUT2D eigenvalue weighted by molar-refractivity contribution is 0.102. The van der Waals surface area contributed by atoms with Crippen LogP contribution in [0.1, 0.15) is 42.4 Å². The highest BCUT2D eigenvalue weighted by atomic mass is 16.2. The van der Waals surface area contributed by atoms with Crippen molar-refractivity contribution in [1.29, 1.82) is 0 Å². The summed E-state index contributed by atoms with van der Waals surface area (Å²) in [6, 6.07) is 10.3. The van der Waals surface area contributed by atoms with E-state index < -0.39 is 0 Å². The number of benzene rings is 1. The summed E-state index contributed by atoms with van der Waals surface area (Å²) in [5.41, 5.74) is 2.38. The molecular formula is C19H24N4O2. The summed E-state index contributed by atoms with van der Waals surface area (Å²) in [7, 11) is 0. The summed E-state index contributed by atoms with van der Waals surface area (Å²) in [4.78, 5) is 28.7. The van der Waals surface area contributed by atoms with Crippen LogP contribution in [0.15, 0.2) is 36.4 Å². The highest BCUT2D eigenvalue weighted by Crippen LogP contribution is 2.18. The Morgan fingerprint density at radius 2 is 1.72 bits per heavy atom. The molecule has 0 aliphatic heterocycles. The largest absolute Gasteiger partial charge is 0.333 e. The van der Waals surface area contributed by atoms with Crippen molar-refractivity contribution < 1.29 is 9.59 Å². The standard InChI is InChI=1S/C19H24N4O2/c1-12-9-10-14(11-15(12)21-18(25)23-19(3,4)5)17(24)22-16-8-6-7-13(2)20-16/h6-11H,1-5H3,(H,20,22,24)(H2,21,23,25). The highest BCUT2D eigenvalue weighted by Gasteiger charge is 2.15. The van der Waals surface area contributed by atoms with Gasteiger partial charge >= 0.3 is 6.03 Å². The minimum absolute atomic E-state index is 0.280. The van der Waals surface area contributed by atoms with Crippen LogP contribution in [-0.2, 0) is 0 Å². The Bertz CT molecular complexity index is 794. The van der Waals surface area contributed by atoms with Crippen LogP contribution in [0.3, 0.4) is 0 Å². The summed E-state index contributed by atoms with van der Waals surface area (Å²) in [5, 5.41) is 8.38. The molecule has 2 aromatic rings. The number of amides is 3. The van der Waals surface area contributed by atoms with Crippen molar-refractivity contribution in [3.8, 4) is 0 Å². The Morgan fingerprint density at radius 1 is 1.00 bits per heavy atom. The second kappa shape index (κ2) is 7.34. The van der Waals surface area contributed by atoms with E-state index in [1.54, 1.807) is 24.3 Å². The quantitative estimate of drug-likeness (QED) is 0.793. The van der Waals surface area contributed by atoms with Gasteiger partial charge < -0.3 is 16.0 Å². The molecule has 0 fully saturated rings. The second-order valence-corrected chi connectivity index (χ2v) is 6.98. The third kappa shape index (κ3) is 5.60. The lowest BCUT2D eigenvalue weighted by Crippen LogP contribution is -2.43. The zero-order valence-electron chi connectivity index (χ0n) is 15.2. The van der Waals surface area contributed by atoms with Gasteiger partial charge in [0.15, 0.2) is 0 Å². The molecule has 1 aromatic heterocycles. The third-order valence-electron chi connectivity index (χ3n) is 3.37. The first-order chi connectivity index (χ1) is 11.6. The van der Waals surface area contributed by atoms with Crippen LogP contribution in [-0.4, -0.2) is 22.5 Å². The van der Waals surface area contributed by atoms with Gasteiger partial charge in [0.2, 0.25) is 0 Å². The Balaban J connectivity index is 2.14. The predicted octanol–water partition coefficient (Wildman–Crippen LogP) is 3.87. The zero-order valence-corrected chi connectivity index (χ0v) is 15.2. The number of carbonyl (C=O) groups is 2. The Kier molecular flexibility index (Phi) is 5.41. The molecule has 0 aliphatic carbocycles. The van der Waals surface area contributed by atoms with E-state index in [1.165, 1.54) is 0 Å². The number of nitrogens with zero attached hydrogens (tertiary/aromatic N) is 1. The lowest BCUT2D eigenvalue weighted by atomic mass is 10.1. The van der Waals surface area contributed by atoms with Crippen molar-refractivity contribution in [2.75, 3.05) is 10.6 Å². The first kappa shape index (κ1) is 18.4. The smallest absolute Gasteiger partial charge is 0.319 e. The molecule has 0 spiro atoms. The molecule has 0 saturated carbocycles. The average Bonchev–Trinajstić information content (AvgIpc) is 2.47. The van der Waals surface area contributed by atoms with Crippen LogP contribution in [0.25, 0.3) is 0 Å². The Hall–Kier alpha value is -2.89. The van der Waals surface area contributed by atoms with Crippen molar-refractivity contribution in [1.82, 2.24) is 10.3 Å². The van der Waals surface area contributed by atoms with Crippen LogP contribution in [0.2, 0.25) is 0 Å². The number of hydrogen-bond acceptors (Lipinski definition) is 3. The SMILES string of the molecule is Cc1cccc(NC(=O)c2ccc(C)c(NC(=O)NC(C)(C)C)c2)n1. The number of urea groups is 1. The molecule has 0 radical (unpaired) electrons. The number of rotatable bonds is 3. The van der Waals surface area contributed by atoms with E-state index >= 15 is 0 Å². The predicted molar refractivity (Wildman–Crippen MR) is 100 cm³/mol. The fraction of sp³-hybridized carbons (Fsp3) is 0.316. The van der Waals surface area contributed by atoms with Gasteiger partial charge in [0.05, 0.1) is 0 Å². The van der Waals surface area contributed by atoms with E-state index in [0.717, 1.165) is 11.3 Å². The van der Waals surface area contributed by atoms with Gasteiger partial charge in [-0.1, -0.05) is 12.1 Å². The molecule has 6 nitrogen and oxygen atoms in total. The molecular weight excluding hydrogens is 316 g/mol. The fourth-order valence-electron chi connectivity index (χ4n) is 2.19. The molecule has 1 aromatic carbocycles. The Labute approximate surface area is 148 Å². The number of aryl methyl sites for hydroxylation is 2. The number of carbonyl (C=O) groups excluding carboxylic acids is 2. The molecule has 0 atom stereocenters. The maximum Gasteiger partial charge on any atom is 0.319 e. The van der Waals surface area contributed by atoms with Crippen molar-refractivity contribution in [3.05, 3.63) is 53.2 Å². The number of nitrogens with one attached hydrogen (secondary N) is 3. The molecule has 0 aliphatic rings. The monoisotopic (exact) mass is 340 g/mol. The topological polar surface area (TPSA) is 83.1 Å². The van der Waals surface area contributed by atoms with E-state index in [2.05, 4.69) is 20.9 Å². The van der Waals surface area contributed by atoms with Crippen LogP contribution in [0.4, 0.5) is 16.3 Å². The van der Waals surface area contributed by atoms with Crippen molar-refractivity contribution in [2.24, 2.45) is 0 Å². The maximum absolute atomic E-state index is 12.4. The van der Waals surface area contributed by atoms with Gasteiger partial charge in [-0.2, -0.15) is 0 Å². The lowest BCUT2D eigenvalue weighted by Gasteiger charge is -2.21. The zero-order chi connectivity index (χ0) is 18.6. The van der Waals surface area contributed by atoms with Gasteiger partial charge in [0, 0.05) is 22.5 Å². The number of aromatic nitrogens is 1. The van der Waals surface area contributed by atoms with Crippen LogP contribution < -0.4 is 16.0 Å². The molecule has 0 bridgehead atoms. The molecule has 0 saturated heterocycles. The van der Waals surface area contributed by atoms with Crippen molar-refractivity contribution in [3.63, 3.8) is 0 Å². The minimum atomic E-state index is -0.343. The fourth-order valence-corrected chi connectivity index (χ4v) is 2.19. The van der Waals surface area contributed by atoms with E-state index in [0.29, 0.717) is 17.1 Å². The van der Waals surface area contributed by atoms with Crippen LogP contribution in [0.5, 0.6) is 0 Å². The summed E-state index contributed by atoms with van der Waals surface area (Å²) < 4.78 is 0. The molecule has 3 N–H and O–H groups in total. The van der Waals surface area contributed by atoms with E-state index in [4.69, 9.17) is 0 Å². The van der Waals surface area contributed by atoms with E-state index in [9.17, 15) is 9.59 Å². The number of hydrogen-bond donors (Lipinski definition) is 3. The van der Waals surface area contributed by atoms with E-state index in [-0.39, 0.29) is 17.5 Å². The summed E-state index contributed by atoms with van der Waals surface area (Å²) in [5.74, 6) is 0.211. The molecule has 6 heteroatoms. The highest BCUT2D eigenvalue weighted by molar-refractivity contribution is 6.05. The molecule has 25 heavy (non-hydrogen) atoms. The van der Waals surface area contributed by atoms with Gasteiger partial charge in [-0.05, 0) is 64.4 Å². The van der Waals surface area contributed by atoms with Crippen molar-refractivity contribution >= 4 is 23.4 Å². The summed E-state index contributed by atoms with van der Waals surface area (Å²) in [6.07, 6.45) is 0. The second-order valence-electron chi connectivity index (χ2n) is 6.98. The first-order valence-corrected chi connectivity index (χ1v) is 8.09. The van der Waals surface area contributed by atoms with Gasteiger partial charge in [0.1, 0.15) is 5.82 Å². The van der Waals surface area contributed by atoms with Gasteiger partial charge in [-0.3, -0.25) is 4.79 Å². The average molecular weight is 340 g/mol. The van der Waals surface area contributed by atoms with Crippen molar-refractivity contribution in [2.45, 2.75) is 40.2 Å². The maximum atomic E-state index is 12.4. The molecule has 132 valence electrons. The summed E-state index contributed by atoms with van der Waals surface area (Å²) >= 11 is 0. The van der Waals surface area contributed by atoms with Gasteiger partial charge in [-0.25, -0.2) is 9.78 Å².